The number of hydrogen-bond acceptors (Lipinski definition) is 2. The molecule has 0 aliphatic carbocycles. The van der Waals surface area contributed by atoms with Gasteiger partial charge >= 0.3 is 6.03 Å². The van der Waals surface area contributed by atoms with Crippen LogP contribution in [0.2, 0.25) is 0 Å². The summed E-state index contributed by atoms with van der Waals surface area (Å²) in [5.41, 5.74) is 12.2. The van der Waals surface area contributed by atoms with E-state index in [1.807, 2.05) is 31.2 Å². The molecule has 0 aliphatic heterocycles. The maximum Gasteiger partial charge on any atom is 0.312 e. The smallest absolute Gasteiger partial charge is 0.312 e. The topological polar surface area (TPSA) is 81.1 Å². The Hall–Kier alpha value is -1.99. The van der Waals surface area contributed by atoms with Crippen LogP contribution in [-0.2, 0) is 0 Å². The van der Waals surface area contributed by atoms with E-state index < -0.39 is 6.03 Å². The molecule has 0 spiro atoms. The molecule has 4 nitrogen and oxygen atoms in total. The summed E-state index contributed by atoms with van der Waals surface area (Å²) in [7, 11) is 0. The zero-order chi connectivity index (χ0) is 12.0. The van der Waals surface area contributed by atoms with E-state index >= 15 is 0 Å². The van der Waals surface area contributed by atoms with Crippen molar-refractivity contribution in [2.24, 2.45) is 11.5 Å². The summed E-state index contributed by atoms with van der Waals surface area (Å²) in [6.07, 6.45) is 0. The van der Waals surface area contributed by atoms with E-state index in [0.29, 0.717) is 6.54 Å². The Morgan fingerprint density at radius 3 is 2.56 bits per heavy atom. The highest BCUT2D eigenvalue weighted by atomic mass is 16.2. The van der Waals surface area contributed by atoms with E-state index in [2.05, 4.69) is 17.2 Å². The third-order valence-electron chi connectivity index (χ3n) is 2.10. The number of benzene rings is 1. The maximum atomic E-state index is 10.7. The van der Waals surface area contributed by atoms with Gasteiger partial charge in [0.1, 0.15) is 0 Å². The number of nitrogens with one attached hydrogen (secondary N) is 1. The molecule has 0 aromatic heterocycles. The number of hydrogen-bond donors (Lipinski definition) is 3. The lowest BCUT2D eigenvalue weighted by Gasteiger charge is -2.12. The molecule has 16 heavy (non-hydrogen) atoms. The summed E-state index contributed by atoms with van der Waals surface area (Å²) in [5.74, 6) is 5.70. The first-order chi connectivity index (χ1) is 7.63. The van der Waals surface area contributed by atoms with Gasteiger partial charge in [-0.25, -0.2) is 4.79 Å². The molecule has 0 saturated heterocycles. The molecule has 1 aromatic rings. The Bertz CT molecular complexity index is 414. The highest BCUT2D eigenvalue weighted by Crippen LogP contribution is 2.12. The molecule has 0 radical (unpaired) electrons. The van der Waals surface area contributed by atoms with Crippen molar-refractivity contribution in [1.29, 1.82) is 0 Å². The predicted molar refractivity (Wildman–Crippen MR) is 63.5 cm³/mol. The second kappa shape index (κ2) is 5.79. The Balaban J connectivity index is 2.74. The van der Waals surface area contributed by atoms with E-state index in [4.69, 9.17) is 11.5 Å². The van der Waals surface area contributed by atoms with Gasteiger partial charge in [0.2, 0.25) is 0 Å². The predicted octanol–water partition coefficient (Wildman–Crippen LogP) is 0.726. The quantitative estimate of drug-likeness (QED) is 0.638. The van der Waals surface area contributed by atoms with Crippen LogP contribution in [0.3, 0.4) is 0 Å². The fraction of sp³-hybridized carbons (Fsp3) is 0.250. The number of primary amides is 1. The van der Waals surface area contributed by atoms with Gasteiger partial charge in [-0.15, -0.1) is 0 Å². The van der Waals surface area contributed by atoms with Gasteiger partial charge in [-0.2, -0.15) is 0 Å². The number of rotatable bonds is 2. The van der Waals surface area contributed by atoms with Gasteiger partial charge < -0.3 is 16.8 Å². The highest BCUT2D eigenvalue weighted by Gasteiger charge is 2.05. The monoisotopic (exact) mass is 217 g/mol. The average molecular weight is 217 g/mol. The minimum Gasteiger partial charge on any atom is -0.352 e. The van der Waals surface area contributed by atoms with Crippen molar-refractivity contribution >= 4 is 6.03 Å². The van der Waals surface area contributed by atoms with Gasteiger partial charge in [0, 0.05) is 5.56 Å². The number of amides is 2. The zero-order valence-corrected chi connectivity index (χ0v) is 9.16. The van der Waals surface area contributed by atoms with Gasteiger partial charge in [0.25, 0.3) is 0 Å². The lowest BCUT2D eigenvalue weighted by Crippen LogP contribution is -2.31. The molecule has 1 unspecified atom stereocenters. The largest absolute Gasteiger partial charge is 0.352 e. The van der Waals surface area contributed by atoms with Crippen molar-refractivity contribution in [3.8, 4) is 11.8 Å². The number of nitrogens with two attached hydrogens (primary N) is 2. The summed E-state index contributed by atoms with van der Waals surface area (Å²) < 4.78 is 0. The fourth-order valence-electron chi connectivity index (χ4n) is 1.30. The van der Waals surface area contributed by atoms with Crippen molar-refractivity contribution in [2.75, 3.05) is 6.54 Å². The molecule has 84 valence electrons. The maximum absolute atomic E-state index is 10.7. The number of urea groups is 1. The molecule has 2 amide bonds. The van der Waals surface area contributed by atoms with Crippen molar-refractivity contribution in [3.05, 3.63) is 35.4 Å². The van der Waals surface area contributed by atoms with E-state index in [9.17, 15) is 4.79 Å². The Labute approximate surface area is 95.0 Å². The first kappa shape index (κ1) is 12.1. The minimum atomic E-state index is -0.528. The molecule has 5 N–H and O–H groups in total. The van der Waals surface area contributed by atoms with Crippen LogP contribution in [0, 0.1) is 11.8 Å². The SMILES string of the molecule is CC(NC(N)=O)c1ccc(C#CCN)cc1. The molecule has 1 rings (SSSR count). The van der Waals surface area contributed by atoms with E-state index in [1.165, 1.54) is 0 Å². The van der Waals surface area contributed by atoms with Crippen molar-refractivity contribution in [2.45, 2.75) is 13.0 Å². The summed E-state index contributed by atoms with van der Waals surface area (Å²) in [6.45, 7) is 2.21. The standard InChI is InChI=1S/C12H15N3O/c1-9(15-12(14)16)11-6-4-10(5-7-11)3-2-8-13/h4-7,9H,8,13H2,1H3,(H3,14,15,16). The van der Waals surface area contributed by atoms with Crippen LogP contribution in [0.4, 0.5) is 4.79 Å². The van der Waals surface area contributed by atoms with Gasteiger partial charge in [-0.3, -0.25) is 0 Å². The Morgan fingerprint density at radius 2 is 2.06 bits per heavy atom. The molecule has 0 heterocycles. The first-order valence-corrected chi connectivity index (χ1v) is 4.98. The Morgan fingerprint density at radius 1 is 1.44 bits per heavy atom. The van der Waals surface area contributed by atoms with Gasteiger partial charge in [-0.05, 0) is 24.6 Å². The van der Waals surface area contributed by atoms with Gasteiger partial charge in [0.15, 0.2) is 0 Å². The molecule has 0 saturated carbocycles. The van der Waals surface area contributed by atoms with Crippen LogP contribution in [0.15, 0.2) is 24.3 Å². The fourth-order valence-corrected chi connectivity index (χ4v) is 1.30. The summed E-state index contributed by atoms with van der Waals surface area (Å²) in [4.78, 5) is 10.7. The van der Waals surface area contributed by atoms with Crippen LogP contribution in [-0.4, -0.2) is 12.6 Å². The van der Waals surface area contributed by atoms with E-state index in [-0.39, 0.29) is 6.04 Å². The molecule has 0 fully saturated rings. The molecule has 4 heteroatoms. The van der Waals surface area contributed by atoms with Crippen LogP contribution < -0.4 is 16.8 Å². The molecule has 0 aliphatic rings. The van der Waals surface area contributed by atoms with Crippen molar-refractivity contribution in [1.82, 2.24) is 5.32 Å². The van der Waals surface area contributed by atoms with Crippen LogP contribution in [0.25, 0.3) is 0 Å². The van der Waals surface area contributed by atoms with Crippen molar-refractivity contribution in [3.63, 3.8) is 0 Å². The molecule has 1 atom stereocenters. The number of carbonyl (C=O) groups is 1. The first-order valence-electron chi connectivity index (χ1n) is 4.98. The van der Waals surface area contributed by atoms with Gasteiger partial charge in [-0.1, -0.05) is 24.0 Å². The Kier molecular flexibility index (Phi) is 4.37. The lowest BCUT2D eigenvalue weighted by molar-refractivity contribution is 0.246. The zero-order valence-electron chi connectivity index (χ0n) is 9.16. The number of carbonyl (C=O) groups excluding carboxylic acids is 1. The van der Waals surface area contributed by atoms with Crippen LogP contribution >= 0.6 is 0 Å². The van der Waals surface area contributed by atoms with Gasteiger partial charge in [0.05, 0.1) is 12.6 Å². The molecule has 0 bridgehead atoms. The normalized spacial score (nSPS) is 11.1. The minimum absolute atomic E-state index is 0.103. The second-order valence-electron chi connectivity index (χ2n) is 3.36. The molecule has 1 aromatic carbocycles. The second-order valence-corrected chi connectivity index (χ2v) is 3.36. The van der Waals surface area contributed by atoms with E-state index in [0.717, 1.165) is 11.1 Å². The van der Waals surface area contributed by atoms with Crippen molar-refractivity contribution < 1.29 is 4.79 Å². The van der Waals surface area contributed by atoms with Crippen LogP contribution in [0.5, 0.6) is 0 Å². The average Bonchev–Trinajstić information content (AvgIpc) is 2.26. The summed E-state index contributed by atoms with van der Waals surface area (Å²) >= 11 is 0. The van der Waals surface area contributed by atoms with E-state index in [1.54, 1.807) is 0 Å². The van der Waals surface area contributed by atoms with Crippen LogP contribution in [0.1, 0.15) is 24.1 Å². The third kappa shape index (κ3) is 3.64. The third-order valence-corrected chi connectivity index (χ3v) is 2.10. The molecular weight excluding hydrogens is 202 g/mol. The highest BCUT2D eigenvalue weighted by molar-refractivity contribution is 5.72. The lowest BCUT2D eigenvalue weighted by atomic mass is 10.1. The summed E-state index contributed by atoms with van der Waals surface area (Å²) in [5, 5.41) is 2.60. The summed E-state index contributed by atoms with van der Waals surface area (Å²) in [6, 6.07) is 6.95. The molecular formula is C12H15N3O.